The summed E-state index contributed by atoms with van der Waals surface area (Å²) >= 11 is 0. The normalized spacial score (nSPS) is 15.3. The molecule has 1 aliphatic rings. The Morgan fingerprint density at radius 2 is 2.20 bits per heavy atom. The zero-order chi connectivity index (χ0) is 10.7. The Hall–Kier alpha value is -1.02. The molecule has 0 heterocycles. The van der Waals surface area contributed by atoms with Crippen LogP contribution in [0.1, 0.15) is 30.4 Å². The molecule has 0 aliphatic heterocycles. The van der Waals surface area contributed by atoms with Crippen molar-refractivity contribution in [2.24, 2.45) is 11.7 Å². The van der Waals surface area contributed by atoms with Crippen LogP contribution >= 0.6 is 0 Å². The fourth-order valence-electron chi connectivity index (χ4n) is 1.71. The van der Waals surface area contributed by atoms with Crippen LogP contribution in [-0.4, -0.2) is 6.61 Å². The molecule has 1 saturated carbocycles. The van der Waals surface area contributed by atoms with E-state index in [2.05, 4.69) is 25.1 Å². The van der Waals surface area contributed by atoms with E-state index in [1.807, 2.05) is 0 Å². The largest absolute Gasteiger partial charge is 0.493 e. The summed E-state index contributed by atoms with van der Waals surface area (Å²) in [5.41, 5.74) is 8.00. The van der Waals surface area contributed by atoms with Gasteiger partial charge in [0.05, 0.1) is 6.61 Å². The van der Waals surface area contributed by atoms with E-state index in [9.17, 15) is 0 Å². The van der Waals surface area contributed by atoms with E-state index in [4.69, 9.17) is 10.5 Å². The first-order valence-electron chi connectivity index (χ1n) is 5.72. The molecule has 0 amide bonds. The number of hydrogen-bond donors (Lipinski definition) is 1. The molecular formula is C13H19NO. The van der Waals surface area contributed by atoms with Gasteiger partial charge in [-0.1, -0.05) is 25.0 Å². The van der Waals surface area contributed by atoms with E-state index in [1.165, 1.54) is 24.8 Å². The second-order valence-corrected chi connectivity index (χ2v) is 4.40. The number of hydrogen-bond acceptors (Lipinski definition) is 2. The standard InChI is InChI=1S/C13H19NO/c1-10-2-5-12(9-14)13(8-10)15-7-6-11-3-4-11/h2,5,8,11H,3-4,6-7,9,14H2,1H3. The topological polar surface area (TPSA) is 35.2 Å². The van der Waals surface area contributed by atoms with Crippen molar-refractivity contribution in [3.05, 3.63) is 29.3 Å². The SMILES string of the molecule is Cc1ccc(CN)c(OCCC2CC2)c1. The summed E-state index contributed by atoms with van der Waals surface area (Å²) in [6.45, 7) is 3.47. The number of rotatable bonds is 5. The summed E-state index contributed by atoms with van der Waals surface area (Å²) in [5.74, 6) is 1.90. The van der Waals surface area contributed by atoms with Crippen molar-refractivity contribution in [1.82, 2.24) is 0 Å². The predicted octanol–water partition coefficient (Wildman–Crippen LogP) is 2.63. The maximum Gasteiger partial charge on any atom is 0.124 e. The Bertz CT molecular complexity index is 331. The second-order valence-electron chi connectivity index (χ2n) is 4.40. The lowest BCUT2D eigenvalue weighted by molar-refractivity contribution is 0.299. The lowest BCUT2D eigenvalue weighted by atomic mass is 10.1. The van der Waals surface area contributed by atoms with Crippen molar-refractivity contribution in [1.29, 1.82) is 0 Å². The molecule has 2 nitrogen and oxygen atoms in total. The molecule has 82 valence electrons. The van der Waals surface area contributed by atoms with Gasteiger partial charge in [0.2, 0.25) is 0 Å². The Labute approximate surface area is 91.4 Å². The molecule has 0 radical (unpaired) electrons. The van der Waals surface area contributed by atoms with Crippen LogP contribution in [0.2, 0.25) is 0 Å². The third kappa shape index (κ3) is 2.96. The molecule has 0 saturated heterocycles. The molecule has 0 spiro atoms. The van der Waals surface area contributed by atoms with Gasteiger partial charge in [-0.15, -0.1) is 0 Å². The van der Waals surface area contributed by atoms with E-state index in [1.54, 1.807) is 0 Å². The van der Waals surface area contributed by atoms with Crippen LogP contribution in [0.4, 0.5) is 0 Å². The van der Waals surface area contributed by atoms with Gasteiger partial charge in [-0.25, -0.2) is 0 Å². The molecule has 15 heavy (non-hydrogen) atoms. The fraction of sp³-hybridized carbons (Fsp3) is 0.538. The zero-order valence-electron chi connectivity index (χ0n) is 9.33. The predicted molar refractivity (Wildman–Crippen MR) is 61.9 cm³/mol. The van der Waals surface area contributed by atoms with Crippen LogP contribution < -0.4 is 10.5 Å². The van der Waals surface area contributed by atoms with Crippen LogP contribution in [-0.2, 0) is 6.54 Å². The van der Waals surface area contributed by atoms with Gasteiger partial charge in [0.1, 0.15) is 5.75 Å². The summed E-state index contributed by atoms with van der Waals surface area (Å²) in [4.78, 5) is 0. The first-order valence-corrected chi connectivity index (χ1v) is 5.72. The monoisotopic (exact) mass is 205 g/mol. The maximum atomic E-state index is 5.78. The van der Waals surface area contributed by atoms with Gasteiger partial charge in [0.15, 0.2) is 0 Å². The van der Waals surface area contributed by atoms with Crippen LogP contribution in [0.15, 0.2) is 18.2 Å². The quantitative estimate of drug-likeness (QED) is 0.802. The van der Waals surface area contributed by atoms with Crippen molar-refractivity contribution in [3.63, 3.8) is 0 Å². The van der Waals surface area contributed by atoms with Gasteiger partial charge in [0.25, 0.3) is 0 Å². The summed E-state index contributed by atoms with van der Waals surface area (Å²) in [6, 6.07) is 6.22. The molecule has 0 bridgehead atoms. The summed E-state index contributed by atoms with van der Waals surface area (Å²) in [5, 5.41) is 0. The van der Waals surface area contributed by atoms with Crippen molar-refractivity contribution >= 4 is 0 Å². The highest BCUT2D eigenvalue weighted by Gasteiger charge is 2.20. The number of aryl methyl sites for hydroxylation is 1. The summed E-state index contributed by atoms with van der Waals surface area (Å²) in [7, 11) is 0. The minimum absolute atomic E-state index is 0.555. The summed E-state index contributed by atoms with van der Waals surface area (Å²) < 4.78 is 5.78. The Morgan fingerprint density at radius 3 is 2.87 bits per heavy atom. The van der Waals surface area contributed by atoms with Gasteiger partial charge >= 0.3 is 0 Å². The first-order chi connectivity index (χ1) is 7.29. The van der Waals surface area contributed by atoms with Crippen LogP contribution in [0.5, 0.6) is 5.75 Å². The molecule has 2 N–H and O–H groups in total. The molecule has 1 aromatic rings. The highest BCUT2D eigenvalue weighted by molar-refractivity contribution is 5.36. The van der Waals surface area contributed by atoms with Gasteiger partial charge < -0.3 is 10.5 Å². The lowest BCUT2D eigenvalue weighted by Crippen LogP contribution is -2.04. The van der Waals surface area contributed by atoms with Crippen molar-refractivity contribution in [3.8, 4) is 5.75 Å². The highest BCUT2D eigenvalue weighted by Crippen LogP contribution is 2.32. The third-order valence-corrected chi connectivity index (χ3v) is 2.92. The van der Waals surface area contributed by atoms with E-state index >= 15 is 0 Å². The molecule has 1 aromatic carbocycles. The molecule has 2 heteroatoms. The average molecular weight is 205 g/mol. The van der Waals surface area contributed by atoms with Gasteiger partial charge in [-0.3, -0.25) is 0 Å². The molecule has 0 unspecified atom stereocenters. The Balaban J connectivity index is 1.94. The minimum Gasteiger partial charge on any atom is -0.493 e. The van der Waals surface area contributed by atoms with Crippen LogP contribution in [0.3, 0.4) is 0 Å². The zero-order valence-corrected chi connectivity index (χ0v) is 9.33. The lowest BCUT2D eigenvalue weighted by Gasteiger charge is -2.10. The third-order valence-electron chi connectivity index (χ3n) is 2.92. The molecule has 2 rings (SSSR count). The summed E-state index contributed by atoms with van der Waals surface area (Å²) in [6.07, 6.45) is 3.97. The van der Waals surface area contributed by atoms with Gasteiger partial charge in [-0.05, 0) is 30.9 Å². The Morgan fingerprint density at radius 1 is 1.40 bits per heavy atom. The molecule has 0 aromatic heterocycles. The Kier molecular flexibility index (Phi) is 3.27. The molecule has 1 fully saturated rings. The van der Waals surface area contributed by atoms with Crippen LogP contribution in [0.25, 0.3) is 0 Å². The van der Waals surface area contributed by atoms with Crippen molar-refractivity contribution < 1.29 is 4.74 Å². The van der Waals surface area contributed by atoms with Crippen molar-refractivity contribution in [2.45, 2.75) is 32.7 Å². The second kappa shape index (κ2) is 4.67. The molecule has 1 aliphatic carbocycles. The maximum absolute atomic E-state index is 5.78. The van der Waals surface area contributed by atoms with Crippen LogP contribution in [0, 0.1) is 12.8 Å². The smallest absolute Gasteiger partial charge is 0.124 e. The van der Waals surface area contributed by atoms with E-state index in [0.717, 1.165) is 23.8 Å². The number of nitrogens with two attached hydrogens (primary N) is 1. The van der Waals surface area contributed by atoms with Gasteiger partial charge in [-0.2, -0.15) is 0 Å². The number of benzene rings is 1. The van der Waals surface area contributed by atoms with E-state index in [0.29, 0.717) is 6.54 Å². The molecule has 0 atom stereocenters. The minimum atomic E-state index is 0.555. The van der Waals surface area contributed by atoms with E-state index in [-0.39, 0.29) is 0 Å². The first kappa shape index (κ1) is 10.5. The highest BCUT2D eigenvalue weighted by atomic mass is 16.5. The number of ether oxygens (including phenoxy) is 1. The van der Waals surface area contributed by atoms with E-state index < -0.39 is 0 Å². The fourth-order valence-corrected chi connectivity index (χ4v) is 1.71. The molecular weight excluding hydrogens is 186 g/mol. The van der Waals surface area contributed by atoms with Gasteiger partial charge in [0, 0.05) is 12.1 Å². The average Bonchev–Trinajstić information content (AvgIpc) is 3.02. The van der Waals surface area contributed by atoms with Crippen molar-refractivity contribution in [2.75, 3.05) is 6.61 Å².